The van der Waals surface area contributed by atoms with E-state index in [-0.39, 0.29) is 17.6 Å². The zero-order chi connectivity index (χ0) is 13.8. The molecule has 0 spiro atoms. The van der Waals surface area contributed by atoms with Crippen LogP contribution in [0.2, 0.25) is 0 Å². The third-order valence-corrected chi connectivity index (χ3v) is 2.95. The summed E-state index contributed by atoms with van der Waals surface area (Å²) in [5, 5.41) is 16.9. The molecule has 1 saturated carbocycles. The Morgan fingerprint density at radius 2 is 2.21 bits per heavy atom. The van der Waals surface area contributed by atoms with Crippen LogP contribution in [-0.4, -0.2) is 23.4 Å². The summed E-state index contributed by atoms with van der Waals surface area (Å²) in [4.78, 5) is 22.6. The van der Waals surface area contributed by atoms with Gasteiger partial charge in [0.05, 0.1) is 10.5 Å². The Labute approximate surface area is 111 Å². The van der Waals surface area contributed by atoms with Crippen LogP contribution in [0.1, 0.15) is 36.5 Å². The summed E-state index contributed by atoms with van der Waals surface area (Å²) in [6.07, 6.45) is 2.80. The number of nitrogens with one attached hydrogen (secondary N) is 2. The first-order valence-electron chi connectivity index (χ1n) is 6.45. The number of amides is 1. The molecular weight excluding hydrogens is 246 g/mol. The molecule has 1 fully saturated rings. The van der Waals surface area contributed by atoms with E-state index in [1.54, 1.807) is 6.07 Å². The summed E-state index contributed by atoms with van der Waals surface area (Å²) in [5.41, 5.74) is 0.596. The van der Waals surface area contributed by atoms with Crippen molar-refractivity contribution < 1.29 is 9.72 Å². The van der Waals surface area contributed by atoms with Gasteiger partial charge in [0, 0.05) is 18.7 Å². The third kappa shape index (κ3) is 3.21. The summed E-state index contributed by atoms with van der Waals surface area (Å²) in [6.45, 7) is 2.56. The average Bonchev–Trinajstić information content (AvgIpc) is 3.19. The number of carbonyl (C=O) groups excluding carboxylic acids is 1. The molecule has 1 aliphatic carbocycles. The second-order valence-corrected chi connectivity index (χ2v) is 4.63. The normalized spacial score (nSPS) is 13.9. The largest absolute Gasteiger partial charge is 0.379 e. The van der Waals surface area contributed by atoms with Gasteiger partial charge in [-0.1, -0.05) is 13.0 Å². The minimum atomic E-state index is -0.466. The van der Waals surface area contributed by atoms with Crippen molar-refractivity contribution in [3.8, 4) is 0 Å². The van der Waals surface area contributed by atoms with Gasteiger partial charge in [-0.2, -0.15) is 0 Å². The van der Waals surface area contributed by atoms with Gasteiger partial charge in [-0.05, 0) is 25.3 Å². The molecule has 6 nitrogen and oxygen atoms in total. The molecule has 2 N–H and O–H groups in total. The van der Waals surface area contributed by atoms with Crippen LogP contribution in [0.3, 0.4) is 0 Å². The molecule has 0 atom stereocenters. The van der Waals surface area contributed by atoms with Crippen LogP contribution < -0.4 is 10.6 Å². The number of anilines is 1. The highest BCUT2D eigenvalue weighted by Gasteiger charge is 2.27. The fourth-order valence-corrected chi connectivity index (χ4v) is 1.81. The van der Waals surface area contributed by atoms with Crippen LogP contribution in [0, 0.1) is 10.1 Å². The smallest absolute Gasteiger partial charge is 0.293 e. The van der Waals surface area contributed by atoms with E-state index in [0.29, 0.717) is 17.8 Å². The van der Waals surface area contributed by atoms with Crippen LogP contribution in [0.4, 0.5) is 11.4 Å². The molecule has 0 radical (unpaired) electrons. The number of nitrogens with zero attached hydrogens (tertiary/aromatic N) is 1. The number of nitro groups is 1. The van der Waals surface area contributed by atoms with Crippen molar-refractivity contribution in [1.82, 2.24) is 5.32 Å². The fourth-order valence-electron chi connectivity index (χ4n) is 1.81. The van der Waals surface area contributed by atoms with E-state index in [1.165, 1.54) is 12.1 Å². The number of nitro benzene ring substituents is 1. The molecule has 102 valence electrons. The van der Waals surface area contributed by atoms with Gasteiger partial charge in [-0.15, -0.1) is 0 Å². The van der Waals surface area contributed by atoms with Crippen molar-refractivity contribution in [3.05, 3.63) is 33.9 Å². The van der Waals surface area contributed by atoms with Crippen molar-refractivity contribution in [3.63, 3.8) is 0 Å². The summed E-state index contributed by atoms with van der Waals surface area (Å²) in [7, 11) is 0. The molecule has 0 unspecified atom stereocenters. The number of carbonyl (C=O) groups is 1. The van der Waals surface area contributed by atoms with Gasteiger partial charge in [-0.25, -0.2) is 0 Å². The number of benzene rings is 1. The number of hydrogen-bond acceptors (Lipinski definition) is 4. The van der Waals surface area contributed by atoms with Crippen LogP contribution >= 0.6 is 0 Å². The predicted molar refractivity (Wildman–Crippen MR) is 72.4 cm³/mol. The highest BCUT2D eigenvalue weighted by atomic mass is 16.6. The van der Waals surface area contributed by atoms with Crippen molar-refractivity contribution >= 4 is 17.3 Å². The summed E-state index contributed by atoms with van der Waals surface area (Å²) < 4.78 is 0. The van der Waals surface area contributed by atoms with Crippen LogP contribution in [-0.2, 0) is 0 Å². The Hall–Kier alpha value is -2.11. The standard InChI is InChI=1S/C13H17N3O3/c1-2-8-14-12-10(13(17)15-9-6-7-9)4-3-5-11(12)16(18)19/h3-5,9,14H,2,6-8H2,1H3,(H,15,17). The van der Waals surface area contributed by atoms with Crippen LogP contribution in [0.25, 0.3) is 0 Å². The SMILES string of the molecule is CCCNc1c(C(=O)NC2CC2)cccc1[N+](=O)[O-]. The lowest BCUT2D eigenvalue weighted by atomic mass is 10.1. The van der Waals surface area contributed by atoms with Crippen molar-refractivity contribution in [2.45, 2.75) is 32.2 Å². The molecule has 1 aromatic carbocycles. The maximum Gasteiger partial charge on any atom is 0.293 e. The molecule has 0 saturated heterocycles. The second-order valence-electron chi connectivity index (χ2n) is 4.63. The minimum absolute atomic E-state index is 0.0584. The number of para-hydroxylation sites is 1. The quantitative estimate of drug-likeness (QED) is 0.609. The zero-order valence-electron chi connectivity index (χ0n) is 10.8. The molecule has 6 heteroatoms. The average molecular weight is 263 g/mol. The van der Waals surface area contributed by atoms with Gasteiger partial charge >= 0.3 is 0 Å². The Kier molecular flexibility index (Phi) is 3.99. The van der Waals surface area contributed by atoms with Crippen molar-refractivity contribution in [2.24, 2.45) is 0 Å². The second kappa shape index (κ2) is 5.69. The zero-order valence-corrected chi connectivity index (χ0v) is 10.8. The molecule has 0 heterocycles. The first-order chi connectivity index (χ1) is 9.13. The van der Waals surface area contributed by atoms with Crippen molar-refractivity contribution in [2.75, 3.05) is 11.9 Å². The first-order valence-corrected chi connectivity index (χ1v) is 6.45. The van der Waals surface area contributed by atoms with Crippen LogP contribution in [0.15, 0.2) is 18.2 Å². The number of rotatable bonds is 6. The van der Waals surface area contributed by atoms with E-state index in [2.05, 4.69) is 10.6 Å². The minimum Gasteiger partial charge on any atom is -0.379 e. The van der Waals surface area contributed by atoms with Gasteiger partial charge < -0.3 is 10.6 Å². The Balaban J connectivity index is 2.30. The van der Waals surface area contributed by atoms with Gasteiger partial charge in [-0.3, -0.25) is 14.9 Å². The molecule has 0 bridgehead atoms. The molecule has 1 aliphatic rings. The monoisotopic (exact) mass is 263 g/mol. The predicted octanol–water partition coefficient (Wildman–Crippen LogP) is 2.31. The molecule has 1 amide bonds. The Morgan fingerprint density at radius 3 is 2.79 bits per heavy atom. The first kappa shape index (κ1) is 13.3. The lowest BCUT2D eigenvalue weighted by molar-refractivity contribution is -0.384. The summed E-state index contributed by atoms with van der Waals surface area (Å²) in [5.74, 6) is -0.246. The van der Waals surface area contributed by atoms with Gasteiger partial charge in [0.15, 0.2) is 0 Å². The lowest BCUT2D eigenvalue weighted by Crippen LogP contribution is -2.26. The highest BCUT2D eigenvalue weighted by Crippen LogP contribution is 2.29. The van der Waals surface area contributed by atoms with E-state index in [1.807, 2.05) is 6.92 Å². The summed E-state index contributed by atoms with van der Waals surface area (Å²) >= 11 is 0. The third-order valence-electron chi connectivity index (χ3n) is 2.95. The maximum atomic E-state index is 12.1. The van der Waals surface area contributed by atoms with Gasteiger partial charge in [0.1, 0.15) is 5.69 Å². The summed E-state index contributed by atoms with van der Waals surface area (Å²) in [6, 6.07) is 4.79. The fraction of sp³-hybridized carbons (Fsp3) is 0.462. The topological polar surface area (TPSA) is 84.3 Å². The molecule has 19 heavy (non-hydrogen) atoms. The molecule has 1 aromatic rings. The Morgan fingerprint density at radius 1 is 1.47 bits per heavy atom. The van der Waals surface area contributed by atoms with Gasteiger partial charge in [0.2, 0.25) is 0 Å². The van der Waals surface area contributed by atoms with E-state index in [0.717, 1.165) is 19.3 Å². The lowest BCUT2D eigenvalue weighted by Gasteiger charge is -2.11. The molecule has 0 aliphatic heterocycles. The highest BCUT2D eigenvalue weighted by molar-refractivity contribution is 6.01. The molecule has 2 rings (SSSR count). The van der Waals surface area contributed by atoms with E-state index < -0.39 is 4.92 Å². The number of hydrogen-bond donors (Lipinski definition) is 2. The van der Waals surface area contributed by atoms with E-state index in [4.69, 9.17) is 0 Å². The maximum absolute atomic E-state index is 12.1. The van der Waals surface area contributed by atoms with Crippen LogP contribution in [0.5, 0.6) is 0 Å². The molecule has 0 aromatic heterocycles. The Bertz CT molecular complexity index is 498. The van der Waals surface area contributed by atoms with E-state index in [9.17, 15) is 14.9 Å². The van der Waals surface area contributed by atoms with Crippen molar-refractivity contribution in [1.29, 1.82) is 0 Å². The molecular formula is C13H17N3O3. The van der Waals surface area contributed by atoms with Gasteiger partial charge in [0.25, 0.3) is 11.6 Å². The van der Waals surface area contributed by atoms with E-state index >= 15 is 0 Å².